The van der Waals surface area contributed by atoms with E-state index in [1.807, 2.05) is 31.2 Å². The van der Waals surface area contributed by atoms with Crippen LogP contribution in [0.2, 0.25) is 0 Å². The van der Waals surface area contributed by atoms with E-state index in [4.69, 9.17) is 14.2 Å². The Balaban J connectivity index is 1.02. The van der Waals surface area contributed by atoms with Crippen molar-refractivity contribution in [3.63, 3.8) is 0 Å². The average Bonchev–Trinajstić information content (AvgIpc) is 3.02. The first-order valence-electron chi connectivity index (χ1n) is 15.0. The molecule has 0 aliphatic carbocycles. The number of hydrogen-bond acceptors (Lipinski definition) is 4. The Labute approximate surface area is 247 Å². The quantitative estimate of drug-likeness (QED) is 0.0922. The standard InChI is InChI=1S/C38H38O4/c1-4-27(24-25(2)28-10-16-33(39)17-11-28)29-12-18-34(19-13-29)42-26(3)40-22-23-41-36-21-15-32-9-8-30-6-5-7-31-14-20-35(36)38(32)37(30)31/h5-21,25-27,39H,4,22-24H2,1-3H3. The molecule has 0 radical (unpaired) electrons. The molecule has 214 valence electrons. The second-order valence-corrected chi connectivity index (χ2v) is 11.2. The van der Waals surface area contributed by atoms with Crippen molar-refractivity contribution >= 4 is 32.3 Å². The summed E-state index contributed by atoms with van der Waals surface area (Å²) in [4.78, 5) is 0. The number of rotatable bonds is 12. The first-order valence-corrected chi connectivity index (χ1v) is 15.0. The van der Waals surface area contributed by atoms with E-state index < -0.39 is 6.29 Å². The Hall–Kier alpha value is -4.28. The van der Waals surface area contributed by atoms with Crippen LogP contribution >= 0.6 is 0 Å². The number of aromatic hydroxyl groups is 1. The van der Waals surface area contributed by atoms with Crippen molar-refractivity contribution in [1.29, 1.82) is 0 Å². The number of phenolic OH excluding ortho intramolecular Hbond substituents is 1. The Morgan fingerprint density at radius 3 is 2.02 bits per heavy atom. The van der Waals surface area contributed by atoms with E-state index in [0.29, 0.717) is 30.8 Å². The van der Waals surface area contributed by atoms with Crippen molar-refractivity contribution in [2.75, 3.05) is 13.2 Å². The number of hydrogen-bond donors (Lipinski definition) is 1. The number of ether oxygens (including phenoxy) is 3. The molecular weight excluding hydrogens is 520 g/mol. The molecule has 4 nitrogen and oxygen atoms in total. The summed E-state index contributed by atoms with van der Waals surface area (Å²) in [7, 11) is 0. The Morgan fingerprint density at radius 1 is 0.667 bits per heavy atom. The van der Waals surface area contributed by atoms with E-state index in [1.54, 1.807) is 12.1 Å². The summed E-state index contributed by atoms with van der Waals surface area (Å²) in [5, 5.41) is 17.0. The van der Waals surface area contributed by atoms with Crippen LogP contribution in [-0.4, -0.2) is 24.6 Å². The first kappa shape index (κ1) is 27.9. The van der Waals surface area contributed by atoms with Gasteiger partial charge in [-0.1, -0.05) is 80.6 Å². The predicted octanol–water partition coefficient (Wildman–Crippen LogP) is 9.80. The minimum atomic E-state index is -0.391. The molecular formula is C38H38O4. The van der Waals surface area contributed by atoms with Gasteiger partial charge in [0.05, 0.1) is 6.61 Å². The third kappa shape index (κ3) is 5.86. The smallest absolute Gasteiger partial charge is 0.197 e. The van der Waals surface area contributed by atoms with Crippen LogP contribution < -0.4 is 9.47 Å². The van der Waals surface area contributed by atoms with Crippen molar-refractivity contribution in [2.24, 2.45) is 0 Å². The van der Waals surface area contributed by atoms with Crippen molar-refractivity contribution in [3.05, 3.63) is 114 Å². The zero-order valence-corrected chi connectivity index (χ0v) is 24.5. The van der Waals surface area contributed by atoms with Crippen molar-refractivity contribution in [1.82, 2.24) is 0 Å². The third-order valence-corrected chi connectivity index (χ3v) is 8.43. The number of benzene rings is 6. The maximum absolute atomic E-state index is 9.59. The molecule has 3 atom stereocenters. The molecule has 1 N–H and O–H groups in total. The van der Waals surface area contributed by atoms with Gasteiger partial charge in [0.2, 0.25) is 0 Å². The molecule has 0 aliphatic heterocycles. The highest BCUT2D eigenvalue weighted by molar-refractivity contribution is 6.24. The fourth-order valence-corrected chi connectivity index (χ4v) is 6.15. The van der Waals surface area contributed by atoms with Gasteiger partial charge in [0, 0.05) is 10.8 Å². The molecule has 42 heavy (non-hydrogen) atoms. The predicted molar refractivity (Wildman–Crippen MR) is 172 cm³/mol. The van der Waals surface area contributed by atoms with Crippen LogP contribution in [0.3, 0.4) is 0 Å². The molecule has 0 aliphatic rings. The van der Waals surface area contributed by atoms with Gasteiger partial charge in [-0.25, -0.2) is 0 Å². The summed E-state index contributed by atoms with van der Waals surface area (Å²) in [6, 6.07) is 35.3. The lowest BCUT2D eigenvalue weighted by molar-refractivity contribution is -0.0738. The molecule has 0 bridgehead atoms. The van der Waals surface area contributed by atoms with Crippen LogP contribution in [0.1, 0.15) is 56.6 Å². The molecule has 0 heterocycles. The molecule has 0 saturated carbocycles. The van der Waals surface area contributed by atoms with Gasteiger partial charge >= 0.3 is 0 Å². The van der Waals surface area contributed by atoms with Gasteiger partial charge in [-0.05, 0) is 101 Å². The minimum absolute atomic E-state index is 0.308. The normalized spacial score (nSPS) is 13.9. The Kier molecular flexibility index (Phi) is 8.16. The van der Waals surface area contributed by atoms with Crippen molar-refractivity contribution in [3.8, 4) is 17.2 Å². The molecule has 6 aromatic carbocycles. The monoisotopic (exact) mass is 558 g/mol. The van der Waals surface area contributed by atoms with E-state index in [2.05, 4.69) is 80.6 Å². The zero-order chi connectivity index (χ0) is 29.1. The van der Waals surface area contributed by atoms with E-state index in [1.165, 1.54) is 38.1 Å². The Morgan fingerprint density at radius 2 is 1.31 bits per heavy atom. The first-order chi connectivity index (χ1) is 20.5. The Bertz CT molecular complexity index is 1740. The lowest BCUT2D eigenvalue weighted by Gasteiger charge is -2.21. The van der Waals surface area contributed by atoms with Crippen LogP contribution in [0, 0.1) is 0 Å². The van der Waals surface area contributed by atoms with E-state index in [0.717, 1.165) is 29.7 Å². The lowest BCUT2D eigenvalue weighted by atomic mass is 9.84. The maximum Gasteiger partial charge on any atom is 0.197 e. The summed E-state index contributed by atoms with van der Waals surface area (Å²) < 4.78 is 18.2. The van der Waals surface area contributed by atoms with Crippen LogP contribution in [0.15, 0.2) is 103 Å². The molecule has 3 unspecified atom stereocenters. The number of phenols is 1. The fourth-order valence-electron chi connectivity index (χ4n) is 6.15. The van der Waals surface area contributed by atoms with E-state index in [-0.39, 0.29) is 0 Å². The van der Waals surface area contributed by atoms with Gasteiger partial charge in [0.15, 0.2) is 6.29 Å². The van der Waals surface area contributed by atoms with Crippen LogP contribution in [0.5, 0.6) is 17.2 Å². The SMILES string of the molecule is CCC(CC(C)c1ccc(O)cc1)c1ccc(OC(C)OCCOc2ccc3ccc4cccc5ccc2c3c45)cc1. The summed E-state index contributed by atoms with van der Waals surface area (Å²) in [5.41, 5.74) is 2.56. The van der Waals surface area contributed by atoms with Gasteiger partial charge in [-0.15, -0.1) is 0 Å². The van der Waals surface area contributed by atoms with Crippen LogP contribution in [0.4, 0.5) is 0 Å². The summed E-state index contributed by atoms with van der Waals surface area (Å²) in [6.07, 6.45) is 1.72. The molecule has 0 fully saturated rings. The summed E-state index contributed by atoms with van der Waals surface area (Å²) in [6.45, 7) is 7.26. The molecule has 6 aromatic rings. The second-order valence-electron chi connectivity index (χ2n) is 11.2. The molecule has 0 saturated heterocycles. The van der Waals surface area contributed by atoms with Gasteiger partial charge in [-0.2, -0.15) is 0 Å². The topological polar surface area (TPSA) is 47.9 Å². The summed E-state index contributed by atoms with van der Waals surface area (Å²) >= 11 is 0. The second kappa shape index (κ2) is 12.3. The minimum Gasteiger partial charge on any atom is -0.508 e. The van der Waals surface area contributed by atoms with Crippen LogP contribution in [-0.2, 0) is 4.74 Å². The van der Waals surface area contributed by atoms with Gasteiger partial charge in [-0.3, -0.25) is 0 Å². The highest BCUT2D eigenvalue weighted by Gasteiger charge is 2.16. The van der Waals surface area contributed by atoms with Crippen molar-refractivity contribution < 1.29 is 19.3 Å². The molecule has 0 spiro atoms. The fraction of sp³-hybridized carbons (Fsp3) is 0.263. The van der Waals surface area contributed by atoms with Crippen LogP contribution in [0.25, 0.3) is 32.3 Å². The molecule has 0 aromatic heterocycles. The maximum atomic E-state index is 9.59. The van der Waals surface area contributed by atoms with Crippen molar-refractivity contribution in [2.45, 2.75) is 51.7 Å². The molecule has 4 heteroatoms. The van der Waals surface area contributed by atoms with E-state index >= 15 is 0 Å². The van der Waals surface area contributed by atoms with Gasteiger partial charge < -0.3 is 19.3 Å². The molecule has 0 amide bonds. The summed E-state index contributed by atoms with van der Waals surface area (Å²) in [5.74, 6) is 2.83. The highest BCUT2D eigenvalue weighted by Crippen LogP contribution is 2.38. The molecule has 6 rings (SSSR count). The largest absolute Gasteiger partial charge is 0.508 e. The third-order valence-electron chi connectivity index (χ3n) is 8.43. The van der Waals surface area contributed by atoms with E-state index in [9.17, 15) is 5.11 Å². The lowest BCUT2D eigenvalue weighted by Crippen LogP contribution is -2.20. The highest BCUT2D eigenvalue weighted by atomic mass is 16.7. The van der Waals surface area contributed by atoms with Gasteiger partial charge in [0.1, 0.15) is 23.9 Å². The average molecular weight is 559 g/mol. The zero-order valence-electron chi connectivity index (χ0n) is 24.5. The van der Waals surface area contributed by atoms with Gasteiger partial charge in [0.25, 0.3) is 0 Å².